The van der Waals surface area contributed by atoms with Gasteiger partial charge in [0.15, 0.2) is 0 Å². The lowest BCUT2D eigenvalue weighted by Gasteiger charge is -2.41. The summed E-state index contributed by atoms with van der Waals surface area (Å²) >= 11 is 0. The topological polar surface area (TPSA) is 13.8 Å². The largest absolute Gasteiger partial charge is 0.306 e. The molecular weight excluding hydrogens is 631 g/mol. The predicted molar refractivity (Wildman–Crippen MR) is 216 cm³/mol. The highest BCUT2D eigenvalue weighted by Gasteiger charge is 2.45. The molecule has 0 amide bonds. The van der Waals surface area contributed by atoms with E-state index in [0.29, 0.717) is 0 Å². The van der Waals surface area contributed by atoms with Crippen molar-refractivity contribution in [3.05, 3.63) is 198 Å². The van der Waals surface area contributed by atoms with Gasteiger partial charge in [-0.3, -0.25) is 0 Å². The lowest BCUT2D eigenvalue weighted by atomic mass is 9.63. The van der Waals surface area contributed by atoms with Gasteiger partial charge in [-0.15, -0.1) is 0 Å². The van der Waals surface area contributed by atoms with Crippen LogP contribution in [-0.4, -0.2) is 13.4 Å². The van der Waals surface area contributed by atoms with Crippen LogP contribution in [0.1, 0.15) is 22.3 Å². The molecule has 4 aromatic heterocycles. The minimum Gasteiger partial charge on any atom is -0.306 e. The molecule has 52 heavy (non-hydrogen) atoms. The Morgan fingerprint density at radius 1 is 0.288 bits per heavy atom. The van der Waals surface area contributed by atoms with Crippen molar-refractivity contribution in [3.63, 3.8) is 0 Å². The third kappa shape index (κ3) is 2.92. The highest BCUT2D eigenvalue weighted by molar-refractivity contribution is 6.28. The predicted octanol–water partition coefficient (Wildman–Crippen LogP) is 12.0. The molecule has 3 heteroatoms. The van der Waals surface area contributed by atoms with Gasteiger partial charge in [0.2, 0.25) is 0 Å². The van der Waals surface area contributed by atoms with Crippen LogP contribution in [0.5, 0.6) is 0 Å². The molecule has 5 heterocycles. The molecule has 1 aliphatic rings. The van der Waals surface area contributed by atoms with Gasteiger partial charge in [-0.2, -0.15) is 0 Å². The van der Waals surface area contributed by atoms with Gasteiger partial charge >= 0.3 is 0 Å². The summed E-state index contributed by atoms with van der Waals surface area (Å²) in [6.07, 6.45) is 0. The van der Waals surface area contributed by atoms with Crippen molar-refractivity contribution in [3.8, 4) is 5.69 Å². The van der Waals surface area contributed by atoms with E-state index >= 15 is 0 Å². The van der Waals surface area contributed by atoms with Gasteiger partial charge in [-0.05, 0) is 46.5 Å². The number of nitrogens with zero attached hydrogens (tertiary/aromatic N) is 3. The first kappa shape index (κ1) is 27.0. The number of rotatable bonds is 2. The van der Waals surface area contributed by atoms with E-state index in [1.807, 2.05) is 0 Å². The van der Waals surface area contributed by atoms with Crippen molar-refractivity contribution in [1.29, 1.82) is 0 Å². The normalized spacial score (nSPS) is 13.9. The Kier molecular flexibility index (Phi) is 4.81. The Balaban J connectivity index is 1.32. The van der Waals surface area contributed by atoms with E-state index in [0.717, 1.165) is 0 Å². The van der Waals surface area contributed by atoms with Crippen molar-refractivity contribution in [2.75, 3.05) is 0 Å². The van der Waals surface area contributed by atoms with Crippen molar-refractivity contribution < 1.29 is 0 Å². The Morgan fingerprint density at radius 2 is 0.769 bits per heavy atom. The molecule has 0 atom stereocenters. The van der Waals surface area contributed by atoms with E-state index in [1.54, 1.807) is 0 Å². The maximum atomic E-state index is 2.61. The zero-order chi connectivity index (χ0) is 33.7. The second kappa shape index (κ2) is 9.28. The molecule has 0 N–H and O–H groups in total. The van der Waals surface area contributed by atoms with Crippen molar-refractivity contribution >= 4 is 76.5 Å². The molecule has 0 fully saturated rings. The Bertz CT molecular complexity index is 3410. The lowest BCUT2D eigenvalue weighted by Crippen LogP contribution is -2.35. The molecule has 8 aromatic carbocycles. The summed E-state index contributed by atoms with van der Waals surface area (Å²) in [6.45, 7) is 0. The van der Waals surface area contributed by atoms with Crippen LogP contribution in [0.3, 0.4) is 0 Å². The zero-order valence-electron chi connectivity index (χ0n) is 28.1. The van der Waals surface area contributed by atoms with Crippen LogP contribution in [0, 0.1) is 0 Å². The Labute approximate surface area is 298 Å². The van der Waals surface area contributed by atoms with E-state index < -0.39 is 5.41 Å². The van der Waals surface area contributed by atoms with Crippen LogP contribution in [0.25, 0.3) is 82.1 Å². The SMILES string of the molecule is c1ccc(C2(c3ccccc3)c3ccccc3-n3c4c2cccc4c2ccc4c5cccc6c5n(c5cccc7c8ccccc8n6c75)c4c23)cc1. The van der Waals surface area contributed by atoms with Crippen LogP contribution < -0.4 is 0 Å². The molecule has 0 aliphatic carbocycles. The molecule has 0 saturated carbocycles. The molecule has 0 radical (unpaired) electrons. The van der Waals surface area contributed by atoms with Gasteiger partial charge in [0.1, 0.15) is 0 Å². The first-order chi connectivity index (χ1) is 25.9. The highest BCUT2D eigenvalue weighted by Crippen LogP contribution is 2.55. The Hall–Kier alpha value is -6.84. The molecule has 0 saturated heterocycles. The molecule has 0 unspecified atom stereocenters. The van der Waals surface area contributed by atoms with Crippen LogP contribution >= 0.6 is 0 Å². The first-order valence-corrected chi connectivity index (χ1v) is 18.1. The summed E-state index contributed by atoms with van der Waals surface area (Å²) in [4.78, 5) is 0. The molecule has 13 rings (SSSR count). The average Bonchev–Trinajstić information content (AvgIpc) is 3.86. The van der Waals surface area contributed by atoms with Gasteiger partial charge in [0.25, 0.3) is 0 Å². The minimum absolute atomic E-state index is 0.500. The quantitative estimate of drug-likeness (QED) is 0.164. The van der Waals surface area contributed by atoms with E-state index in [-0.39, 0.29) is 0 Å². The van der Waals surface area contributed by atoms with Gasteiger partial charge in [-0.1, -0.05) is 152 Å². The van der Waals surface area contributed by atoms with E-state index in [9.17, 15) is 0 Å². The third-order valence-corrected chi connectivity index (χ3v) is 12.2. The maximum Gasteiger partial charge on any atom is 0.0790 e. The smallest absolute Gasteiger partial charge is 0.0790 e. The average molecular weight is 660 g/mol. The van der Waals surface area contributed by atoms with Crippen molar-refractivity contribution in [2.24, 2.45) is 0 Å². The third-order valence-electron chi connectivity index (χ3n) is 12.2. The van der Waals surface area contributed by atoms with Crippen LogP contribution in [0.15, 0.2) is 176 Å². The molecule has 0 spiro atoms. The van der Waals surface area contributed by atoms with Crippen LogP contribution in [0.4, 0.5) is 0 Å². The molecule has 1 aliphatic heterocycles. The first-order valence-electron chi connectivity index (χ1n) is 18.1. The van der Waals surface area contributed by atoms with Crippen molar-refractivity contribution in [1.82, 2.24) is 13.4 Å². The van der Waals surface area contributed by atoms with Gasteiger partial charge < -0.3 is 13.4 Å². The second-order valence-electron chi connectivity index (χ2n) is 14.4. The standard InChI is InChI=1S/C49H29N3/c1-3-14-30(15-4-1)49(31-16-5-2-6-17-31)38-22-8-10-25-41(38)51-44-34(19-11-23-39(44)49)36-28-29-37-35-21-13-26-42-46(35)52(48(37)47(36)51)43-27-12-20-33-32-18-7-9-24-40(32)50(42)45(33)43/h1-29H. The molecule has 3 nitrogen and oxygen atoms in total. The summed E-state index contributed by atoms with van der Waals surface area (Å²) < 4.78 is 7.69. The van der Waals surface area contributed by atoms with E-state index in [1.165, 1.54) is 104 Å². The number of hydrogen-bond acceptors (Lipinski definition) is 0. The minimum atomic E-state index is -0.500. The number of hydrogen-bond donors (Lipinski definition) is 0. The molecule has 240 valence electrons. The maximum absolute atomic E-state index is 2.61. The summed E-state index contributed by atoms with van der Waals surface area (Å²) in [5.74, 6) is 0. The zero-order valence-corrected chi connectivity index (χ0v) is 28.1. The monoisotopic (exact) mass is 659 g/mol. The fourth-order valence-electron chi connectivity index (χ4n) is 10.4. The summed E-state index contributed by atoms with van der Waals surface area (Å²) in [7, 11) is 0. The molecule has 0 bridgehead atoms. The molecule has 12 aromatic rings. The summed E-state index contributed by atoms with van der Waals surface area (Å²) in [5, 5.41) is 7.68. The van der Waals surface area contributed by atoms with Crippen LogP contribution in [0.2, 0.25) is 0 Å². The van der Waals surface area contributed by atoms with Gasteiger partial charge in [0.05, 0.1) is 55.2 Å². The Morgan fingerprint density at radius 3 is 1.52 bits per heavy atom. The fraction of sp³-hybridized carbons (Fsp3) is 0.0204. The fourth-order valence-corrected chi connectivity index (χ4v) is 10.4. The van der Waals surface area contributed by atoms with E-state index in [2.05, 4.69) is 189 Å². The summed E-state index contributed by atoms with van der Waals surface area (Å²) in [6, 6.07) is 65.7. The summed E-state index contributed by atoms with van der Waals surface area (Å²) in [5.41, 5.74) is 15.9. The van der Waals surface area contributed by atoms with Crippen molar-refractivity contribution in [2.45, 2.75) is 5.41 Å². The lowest BCUT2D eigenvalue weighted by molar-refractivity contribution is 0.728. The van der Waals surface area contributed by atoms with Crippen LogP contribution in [-0.2, 0) is 5.41 Å². The molecular formula is C49H29N3. The highest BCUT2D eigenvalue weighted by atomic mass is 15.1. The van der Waals surface area contributed by atoms with E-state index in [4.69, 9.17) is 0 Å². The van der Waals surface area contributed by atoms with Gasteiger partial charge in [0, 0.05) is 32.3 Å². The number of benzene rings is 8. The number of fused-ring (bicyclic) bond motifs is 14. The van der Waals surface area contributed by atoms with Gasteiger partial charge in [-0.25, -0.2) is 0 Å². The number of aromatic nitrogens is 3. The second-order valence-corrected chi connectivity index (χ2v) is 14.4. The number of para-hydroxylation sites is 5.